The summed E-state index contributed by atoms with van der Waals surface area (Å²) in [6, 6.07) is 8.99. The summed E-state index contributed by atoms with van der Waals surface area (Å²) >= 11 is 0. The molecule has 31 heavy (non-hydrogen) atoms. The first-order chi connectivity index (χ1) is 15.1. The standard InChI is InChI=1S/C28H31NO2/c1-19-5-6-20(22-8-7-21-11-14-29-18-23(21)15-22)3-2-4-25-16-24-9-10-26(30)17-27(24)12-13-28(19,25)31-27/h4,7-8,11,14-16,18-20H,2-3,5-6,9-10,12-13,17H2,1H3. The van der Waals surface area contributed by atoms with Gasteiger partial charge in [-0.2, -0.15) is 0 Å². The molecule has 1 aromatic heterocycles. The van der Waals surface area contributed by atoms with Crippen molar-refractivity contribution in [3.05, 3.63) is 65.5 Å². The Kier molecular flexibility index (Phi) is 4.47. The zero-order valence-corrected chi connectivity index (χ0v) is 18.4. The van der Waals surface area contributed by atoms with Crippen molar-refractivity contribution in [2.24, 2.45) is 5.92 Å². The van der Waals surface area contributed by atoms with Gasteiger partial charge in [0.2, 0.25) is 0 Å². The van der Waals surface area contributed by atoms with Crippen LogP contribution in [0.2, 0.25) is 0 Å². The minimum absolute atomic E-state index is 0.191. The van der Waals surface area contributed by atoms with Crippen molar-refractivity contribution in [3.63, 3.8) is 0 Å². The summed E-state index contributed by atoms with van der Waals surface area (Å²) in [4.78, 5) is 16.6. The monoisotopic (exact) mass is 413 g/mol. The summed E-state index contributed by atoms with van der Waals surface area (Å²) in [5.74, 6) is 1.39. The van der Waals surface area contributed by atoms with Gasteiger partial charge in [0.25, 0.3) is 0 Å². The second kappa shape index (κ2) is 7.13. The number of hydrogen-bond acceptors (Lipinski definition) is 3. The van der Waals surface area contributed by atoms with Gasteiger partial charge in [0.1, 0.15) is 5.78 Å². The van der Waals surface area contributed by atoms with E-state index in [1.807, 2.05) is 12.4 Å². The molecule has 1 aromatic carbocycles. The third-order valence-corrected chi connectivity index (χ3v) is 8.60. The first-order valence-electron chi connectivity index (χ1n) is 12.1. The summed E-state index contributed by atoms with van der Waals surface area (Å²) in [6.07, 6.45) is 17.6. The van der Waals surface area contributed by atoms with E-state index in [9.17, 15) is 4.79 Å². The van der Waals surface area contributed by atoms with Crippen molar-refractivity contribution in [1.82, 2.24) is 4.98 Å². The molecule has 4 unspecified atom stereocenters. The maximum atomic E-state index is 12.3. The van der Waals surface area contributed by atoms with Crippen LogP contribution >= 0.6 is 0 Å². The molecule has 1 saturated carbocycles. The van der Waals surface area contributed by atoms with Gasteiger partial charge in [-0.3, -0.25) is 9.78 Å². The van der Waals surface area contributed by atoms with E-state index in [2.05, 4.69) is 48.3 Å². The number of carbonyl (C=O) groups excluding carboxylic acids is 1. The Bertz CT molecular complexity index is 1110. The number of rotatable bonds is 1. The Morgan fingerprint density at radius 1 is 1.06 bits per heavy atom. The normalized spacial score (nSPS) is 35.3. The highest BCUT2D eigenvalue weighted by Gasteiger charge is 2.58. The van der Waals surface area contributed by atoms with Gasteiger partial charge < -0.3 is 4.74 Å². The fourth-order valence-corrected chi connectivity index (χ4v) is 6.75. The lowest BCUT2D eigenvalue weighted by atomic mass is 9.75. The number of nitrogens with zero attached hydrogens (tertiary/aromatic N) is 1. The molecule has 3 heterocycles. The maximum absolute atomic E-state index is 12.3. The zero-order valence-electron chi connectivity index (χ0n) is 18.4. The number of ketones is 1. The third-order valence-electron chi connectivity index (χ3n) is 8.60. The first-order valence-corrected chi connectivity index (χ1v) is 12.1. The Hall–Kier alpha value is -2.26. The average molecular weight is 414 g/mol. The molecule has 4 atom stereocenters. The average Bonchev–Trinajstić information content (AvgIpc) is 3.13. The van der Waals surface area contributed by atoms with E-state index in [0.29, 0.717) is 30.5 Å². The van der Waals surface area contributed by atoms with Crippen molar-refractivity contribution in [2.75, 3.05) is 0 Å². The predicted octanol–water partition coefficient (Wildman–Crippen LogP) is 6.44. The second-order valence-corrected chi connectivity index (χ2v) is 10.3. The lowest BCUT2D eigenvalue weighted by Gasteiger charge is -2.46. The molecule has 2 aliphatic heterocycles. The smallest absolute Gasteiger partial charge is 0.136 e. The molecule has 2 fully saturated rings. The molecule has 160 valence electrons. The molecule has 2 aliphatic carbocycles. The van der Waals surface area contributed by atoms with Gasteiger partial charge in [0, 0.05) is 30.6 Å². The van der Waals surface area contributed by atoms with Crippen molar-refractivity contribution in [2.45, 2.75) is 81.8 Å². The maximum Gasteiger partial charge on any atom is 0.136 e. The highest BCUT2D eigenvalue weighted by Crippen LogP contribution is 2.58. The lowest BCUT2D eigenvalue weighted by Crippen LogP contribution is -2.48. The van der Waals surface area contributed by atoms with Crippen LogP contribution in [0, 0.1) is 5.92 Å². The molecule has 2 bridgehead atoms. The van der Waals surface area contributed by atoms with Gasteiger partial charge in [-0.15, -0.1) is 0 Å². The van der Waals surface area contributed by atoms with Crippen LogP contribution in [0.1, 0.15) is 76.2 Å². The molecule has 3 heteroatoms. The first kappa shape index (κ1) is 19.4. The van der Waals surface area contributed by atoms with Crippen LogP contribution in [0.3, 0.4) is 0 Å². The van der Waals surface area contributed by atoms with Gasteiger partial charge in [-0.25, -0.2) is 0 Å². The van der Waals surface area contributed by atoms with Crippen molar-refractivity contribution in [3.8, 4) is 0 Å². The third kappa shape index (κ3) is 3.04. The van der Waals surface area contributed by atoms with E-state index in [1.54, 1.807) is 0 Å². The van der Waals surface area contributed by atoms with Crippen LogP contribution in [0.5, 0.6) is 0 Å². The van der Waals surface area contributed by atoms with Crippen molar-refractivity contribution >= 4 is 16.6 Å². The van der Waals surface area contributed by atoms with Crippen LogP contribution in [0.4, 0.5) is 0 Å². The SMILES string of the molecule is CC1CCC(c2ccc3ccncc3c2)CCC=C2C=C3CCC(=O)CC34CCC21O4. The van der Waals surface area contributed by atoms with Gasteiger partial charge in [0.05, 0.1) is 11.2 Å². The molecule has 1 saturated heterocycles. The van der Waals surface area contributed by atoms with Crippen LogP contribution in [0.25, 0.3) is 10.8 Å². The highest BCUT2D eigenvalue weighted by atomic mass is 16.5. The fraction of sp³-hybridized carbons (Fsp3) is 0.500. The summed E-state index contributed by atoms with van der Waals surface area (Å²) in [7, 11) is 0. The van der Waals surface area contributed by atoms with Gasteiger partial charge in [-0.05, 0) is 91.0 Å². The molecule has 0 N–H and O–H groups in total. The van der Waals surface area contributed by atoms with Crippen LogP contribution in [0.15, 0.2) is 60.0 Å². The van der Waals surface area contributed by atoms with Crippen molar-refractivity contribution < 1.29 is 9.53 Å². The van der Waals surface area contributed by atoms with E-state index in [0.717, 1.165) is 32.1 Å². The number of Topliss-reactive ketones (excluding diaryl/α,β-unsaturated/α-hetero) is 1. The van der Waals surface area contributed by atoms with E-state index in [-0.39, 0.29) is 11.2 Å². The van der Waals surface area contributed by atoms with E-state index >= 15 is 0 Å². The highest BCUT2D eigenvalue weighted by molar-refractivity contribution is 5.83. The minimum Gasteiger partial charge on any atom is -0.359 e. The predicted molar refractivity (Wildman–Crippen MR) is 123 cm³/mol. The number of allylic oxidation sites excluding steroid dienone is 1. The molecule has 3 nitrogen and oxygen atoms in total. The molecule has 0 amide bonds. The second-order valence-electron chi connectivity index (χ2n) is 10.3. The number of hydrogen-bond donors (Lipinski definition) is 0. The Balaban J connectivity index is 1.32. The number of pyridine rings is 1. The minimum atomic E-state index is -0.292. The van der Waals surface area contributed by atoms with E-state index in [4.69, 9.17) is 4.74 Å². The number of fused-ring (bicyclic) bond motifs is 1. The number of carbonyl (C=O) groups is 1. The van der Waals surface area contributed by atoms with Gasteiger partial charge in [-0.1, -0.05) is 31.2 Å². The molecule has 6 rings (SSSR count). The molecule has 4 aliphatic rings. The molecule has 2 aromatic rings. The fourth-order valence-electron chi connectivity index (χ4n) is 6.75. The Morgan fingerprint density at radius 3 is 2.94 bits per heavy atom. The van der Waals surface area contributed by atoms with Crippen LogP contribution in [-0.4, -0.2) is 22.0 Å². The summed E-state index contributed by atoms with van der Waals surface area (Å²) in [5.41, 5.74) is 3.75. The van der Waals surface area contributed by atoms with E-state index < -0.39 is 0 Å². The summed E-state index contributed by atoms with van der Waals surface area (Å²) in [5, 5.41) is 2.49. The molecular formula is C28H31NO2. The van der Waals surface area contributed by atoms with E-state index in [1.165, 1.54) is 40.3 Å². The number of ether oxygens (including phenoxy) is 1. The molecule has 0 radical (unpaired) electrons. The van der Waals surface area contributed by atoms with Gasteiger partial charge in [0.15, 0.2) is 0 Å². The van der Waals surface area contributed by atoms with Crippen LogP contribution in [-0.2, 0) is 9.53 Å². The Labute approximate surface area is 184 Å². The molecular weight excluding hydrogens is 382 g/mol. The Morgan fingerprint density at radius 2 is 2.00 bits per heavy atom. The topological polar surface area (TPSA) is 39.2 Å². The largest absolute Gasteiger partial charge is 0.359 e. The summed E-state index contributed by atoms with van der Waals surface area (Å²) in [6.45, 7) is 2.38. The van der Waals surface area contributed by atoms with Crippen molar-refractivity contribution in [1.29, 1.82) is 0 Å². The summed E-state index contributed by atoms with van der Waals surface area (Å²) < 4.78 is 6.99. The van der Waals surface area contributed by atoms with Gasteiger partial charge >= 0.3 is 0 Å². The lowest BCUT2D eigenvalue weighted by molar-refractivity contribution is -0.137. The number of benzene rings is 1. The number of aromatic nitrogens is 1. The zero-order chi connectivity index (χ0) is 21.1. The van der Waals surface area contributed by atoms with Crippen LogP contribution < -0.4 is 0 Å². The molecule has 2 spiro atoms. The quantitative estimate of drug-likeness (QED) is 0.540.